The first-order valence-corrected chi connectivity index (χ1v) is 6.43. The Balaban J connectivity index is 1.85. The summed E-state index contributed by atoms with van der Waals surface area (Å²) in [6.07, 6.45) is 4.18. The van der Waals surface area contributed by atoms with E-state index in [1.165, 1.54) is 0 Å². The Morgan fingerprint density at radius 2 is 1.71 bits per heavy atom. The molecule has 0 spiro atoms. The molecule has 1 aromatic carbocycles. The Kier molecular flexibility index (Phi) is 8.33. The van der Waals surface area contributed by atoms with Crippen molar-refractivity contribution in [2.24, 2.45) is 0 Å². The lowest BCUT2D eigenvalue weighted by Gasteiger charge is -2.06. The summed E-state index contributed by atoms with van der Waals surface area (Å²) in [5.41, 5.74) is 0. The summed E-state index contributed by atoms with van der Waals surface area (Å²) in [6, 6.07) is 9.90. The molecule has 3 nitrogen and oxygen atoms in total. The minimum atomic E-state index is 0.310. The van der Waals surface area contributed by atoms with Gasteiger partial charge in [-0.15, -0.1) is 0 Å². The molecule has 0 atom stereocenters. The van der Waals surface area contributed by atoms with Gasteiger partial charge in [0.25, 0.3) is 0 Å². The highest BCUT2D eigenvalue weighted by molar-refractivity contribution is 5.20. The number of hydrogen-bond donors (Lipinski definition) is 2. The van der Waals surface area contributed by atoms with E-state index in [1.54, 1.807) is 0 Å². The van der Waals surface area contributed by atoms with Crippen LogP contribution < -0.4 is 10.1 Å². The van der Waals surface area contributed by atoms with E-state index in [9.17, 15) is 0 Å². The van der Waals surface area contributed by atoms with Crippen LogP contribution in [0.3, 0.4) is 0 Å². The van der Waals surface area contributed by atoms with Crippen molar-refractivity contribution in [2.45, 2.75) is 25.7 Å². The van der Waals surface area contributed by atoms with Gasteiger partial charge in [-0.25, -0.2) is 0 Å². The molecule has 0 radical (unpaired) electrons. The van der Waals surface area contributed by atoms with E-state index in [1.807, 2.05) is 30.3 Å². The molecule has 0 amide bonds. The van der Waals surface area contributed by atoms with E-state index in [-0.39, 0.29) is 0 Å². The van der Waals surface area contributed by atoms with Gasteiger partial charge < -0.3 is 15.2 Å². The van der Waals surface area contributed by atoms with Crippen LogP contribution in [0, 0.1) is 0 Å². The highest BCUT2D eigenvalue weighted by Crippen LogP contribution is 2.07. The first-order valence-electron chi connectivity index (χ1n) is 6.43. The molecule has 0 aliphatic carbocycles. The standard InChI is InChI=1S/C14H23NO2/c16-12-6-2-5-10-15-11-7-13-17-14-8-3-1-4-9-14/h1,3-4,8-9,15-16H,2,5-7,10-13H2. The number of unbranched alkanes of at least 4 members (excludes halogenated alkanes) is 2. The van der Waals surface area contributed by atoms with Gasteiger partial charge in [0, 0.05) is 6.61 Å². The molecule has 2 N–H and O–H groups in total. The smallest absolute Gasteiger partial charge is 0.119 e. The summed E-state index contributed by atoms with van der Waals surface area (Å²) in [4.78, 5) is 0. The fraction of sp³-hybridized carbons (Fsp3) is 0.571. The molecule has 0 fully saturated rings. The number of para-hydroxylation sites is 1. The van der Waals surface area contributed by atoms with Gasteiger partial charge in [0.05, 0.1) is 6.61 Å². The predicted octanol–water partition coefficient (Wildman–Crippen LogP) is 2.21. The Morgan fingerprint density at radius 1 is 0.941 bits per heavy atom. The predicted molar refractivity (Wildman–Crippen MR) is 70.4 cm³/mol. The SMILES string of the molecule is OCCCCCNCCCOc1ccccc1. The number of aliphatic hydroxyl groups is 1. The molecule has 0 saturated carbocycles. The Labute approximate surface area is 104 Å². The van der Waals surface area contributed by atoms with Crippen LogP contribution in [0.15, 0.2) is 30.3 Å². The van der Waals surface area contributed by atoms with Crippen LogP contribution in [-0.2, 0) is 0 Å². The summed E-state index contributed by atoms with van der Waals surface area (Å²) >= 11 is 0. The Morgan fingerprint density at radius 3 is 2.47 bits per heavy atom. The number of benzene rings is 1. The summed E-state index contributed by atoms with van der Waals surface area (Å²) in [5, 5.41) is 12.0. The van der Waals surface area contributed by atoms with Crippen LogP contribution in [0.2, 0.25) is 0 Å². The third kappa shape index (κ3) is 7.77. The molecule has 1 aromatic rings. The fourth-order valence-corrected chi connectivity index (χ4v) is 1.57. The summed E-state index contributed by atoms with van der Waals surface area (Å²) in [7, 11) is 0. The number of ether oxygens (including phenoxy) is 1. The average Bonchev–Trinajstić information content (AvgIpc) is 2.38. The third-order valence-corrected chi connectivity index (χ3v) is 2.52. The first-order chi connectivity index (χ1) is 8.43. The number of hydrogen-bond acceptors (Lipinski definition) is 3. The largest absolute Gasteiger partial charge is 0.494 e. The highest BCUT2D eigenvalue weighted by atomic mass is 16.5. The van der Waals surface area contributed by atoms with E-state index in [0.29, 0.717) is 6.61 Å². The van der Waals surface area contributed by atoms with E-state index in [2.05, 4.69) is 5.32 Å². The van der Waals surface area contributed by atoms with Crippen molar-refractivity contribution in [3.05, 3.63) is 30.3 Å². The topological polar surface area (TPSA) is 41.5 Å². The molecule has 0 saturated heterocycles. The molecule has 96 valence electrons. The molecule has 0 aliphatic rings. The summed E-state index contributed by atoms with van der Waals surface area (Å²) < 4.78 is 5.58. The summed E-state index contributed by atoms with van der Waals surface area (Å²) in [5.74, 6) is 0.940. The van der Waals surface area contributed by atoms with Crippen molar-refractivity contribution in [1.82, 2.24) is 5.32 Å². The molecular formula is C14H23NO2. The number of rotatable bonds is 10. The van der Waals surface area contributed by atoms with Gasteiger partial charge in [0.15, 0.2) is 0 Å². The van der Waals surface area contributed by atoms with Crippen LogP contribution in [0.4, 0.5) is 0 Å². The number of aliphatic hydroxyl groups excluding tert-OH is 1. The van der Waals surface area contributed by atoms with Crippen LogP contribution in [0.25, 0.3) is 0 Å². The van der Waals surface area contributed by atoms with Crippen LogP contribution in [0.5, 0.6) is 5.75 Å². The zero-order valence-corrected chi connectivity index (χ0v) is 10.4. The van der Waals surface area contributed by atoms with E-state index < -0.39 is 0 Å². The van der Waals surface area contributed by atoms with Gasteiger partial charge in [-0.2, -0.15) is 0 Å². The second-order valence-corrected chi connectivity index (χ2v) is 4.05. The zero-order chi connectivity index (χ0) is 12.2. The molecule has 0 aromatic heterocycles. The zero-order valence-electron chi connectivity index (χ0n) is 10.4. The lowest BCUT2D eigenvalue weighted by molar-refractivity contribution is 0.282. The quantitative estimate of drug-likeness (QED) is 0.613. The van der Waals surface area contributed by atoms with Crippen molar-refractivity contribution in [3.8, 4) is 5.75 Å². The summed E-state index contributed by atoms with van der Waals surface area (Å²) in [6.45, 7) is 3.09. The second-order valence-electron chi connectivity index (χ2n) is 4.05. The minimum Gasteiger partial charge on any atom is -0.494 e. The lowest BCUT2D eigenvalue weighted by Crippen LogP contribution is -2.18. The van der Waals surface area contributed by atoms with Gasteiger partial charge >= 0.3 is 0 Å². The maximum Gasteiger partial charge on any atom is 0.119 e. The molecule has 0 heterocycles. The van der Waals surface area contributed by atoms with Crippen molar-refractivity contribution < 1.29 is 9.84 Å². The Bertz CT molecular complexity index is 264. The molecular weight excluding hydrogens is 214 g/mol. The van der Waals surface area contributed by atoms with Crippen molar-refractivity contribution in [3.63, 3.8) is 0 Å². The van der Waals surface area contributed by atoms with Gasteiger partial charge in [-0.3, -0.25) is 0 Å². The number of nitrogens with one attached hydrogen (secondary N) is 1. The van der Waals surface area contributed by atoms with E-state index in [0.717, 1.165) is 51.1 Å². The van der Waals surface area contributed by atoms with Crippen molar-refractivity contribution in [2.75, 3.05) is 26.3 Å². The van der Waals surface area contributed by atoms with Crippen molar-refractivity contribution in [1.29, 1.82) is 0 Å². The maximum absolute atomic E-state index is 8.61. The van der Waals surface area contributed by atoms with Gasteiger partial charge in [0.2, 0.25) is 0 Å². The fourth-order valence-electron chi connectivity index (χ4n) is 1.57. The maximum atomic E-state index is 8.61. The monoisotopic (exact) mass is 237 g/mol. The van der Waals surface area contributed by atoms with Gasteiger partial charge in [0.1, 0.15) is 5.75 Å². The van der Waals surface area contributed by atoms with Crippen LogP contribution in [0.1, 0.15) is 25.7 Å². The molecule has 1 rings (SSSR count). The van der Waals surface area contributed by atoms with Crippen LogP contribution in [-0.4, -0.2) is 31.4 Å². The Hall–Kier alpha value is -1.06. The third-order valence-electron chi connectivity index (χ3n) is 2.52. The van der Waals surface area contributed by atoms with Crippen molar-refractivity contribution >= 4 is 0 Å². The highest BCUT2D eigenvalue weighted by Gasteiger charge is 1.92. The second kappa shape index (κ2) is 10.1. The molecule has 0 unspecified atom stereocenters. The van der Waals surface area contributed by atoms with Crippen LogP contribution >= 0.6 is 0 Å². The normalized spacial score (nSPS) is 10.4. The molecule has 0 bridgehead atoms. The van der Waals surface area contributed by atoms with E-state index in [4.69, 9.17) is 9.84 Å². The molecule has 0 aliphatic heterocycles. The first kappa shape index (κ1) is 14.0. The average molecular weight is 237 g/mol. The van der Waals surface area contributed by atoms with E-state index >= 15 is 0 Å². The lowest BCUT2D eigenvalue weighted by atomic mass is 10.2. The van der Waals surface area contributed by atoms with Gasteiger partial charge in [-0.05, 0) is 50.9 Å². The molecule has 17 heavy (non-hydrogen) atoms. The minimum absolute atomic E-state index is 0.310. The van der Waals surface area contributed by atoms with Gasteiger partial charge in [-0.1, -0.05) is 18.2 Å². The molecule has 3 heteroatoms.